The zero-order chi connectivity index (χ0) is 11.5. The van der Waals surface area contributed by atoms with E-state index in [2.05, 4.69) is 52.9 Å². The summed E-state index contributed by atoms with van der Waals surface area (Å²) in [4.78, 5) is 2.43. The van der Waals surface area contributed by atoms with Crippen molar-refractivity contribution in [3.05, 3.63) is 29.3 Å². The van der Waals surface area contributed by atoms with Gasteiger partial charge in [0.05, 0.1) is 13.2 Å². The van der Waals surface area contributed by atoms with E-state index in [9.17, 15) is 0 Å². The topological polar surface area (TPSA) is 12.5 Å². The van der Waals surface area contributed by atoms with Crippen LogP contribution in [0.2, 0.25) is 0 Å². The predicted octanol–water partition coefficient (Wildman–Crippen LogP) is 3.12. The van der Waals surface area contributed by atoms with Crippen molar-refractivity contribution in [3.8, 4) is 0 Å². The summed E-state index contributed by atoms with van der Waals surface area (Å²) < 4.78 is 5.46. The second kappa shape index (κ2) is 5.19. The fraction of sp³-hybridized carbons (Fsp3) is 0.538. The van der Waals surface area contributed by atoms with Gasteiger partial charge in [-0.1, -0.05) is 22.0 Å². The van der Waals surface area contributed by atoms with Crippen LogP contribution in [0, 0.1) is 6.92 Å². The van der Waals surface area contributed by atoms with Crippen molar-refractivity contribution in [3.63, 3.8) is 0 Å². The Balaban J connectivity index is 2.22. The van der Waals surface area contributed by atoms with E-state index >= 15 is 0 Å². The highest BCUT2D eigenvalue weighted by atomic mass is 79.9. The average molecular weight is 284 g/mol. The Morgan fingerprint density at radius 3 is 2.94 bits per heavy atom. The molecule has 0 bridgehead atoms. The first-order chi connectivity index (χ1) is 7.72. The number of benzene rings is 1. The number of rotatable bonds is 2. The summed E-state index contributed by atoms with van der Waals surface area (Å²) >= 11 is 3.51. The second-order valence-corrected chi connectivity index (χ2v) is 4.92. The highest BCUT2D eigenvalue weighted by Crippen LogP contribution is 2.23. The predicted molar refractivity (Wildman–Crippen MR) is 71.4 cm³/mol. The van der Waals surface area contributed by atoms with E-state index in [1.54, 1.807) is 0 Å². The van der Waals surface area contributed by atoms with E-state index in [-0.39, 0.29) is 0 Å². The van der Waals surface area contributed by atoms with Crippen LogP contribution < -0.4 is 4.90 Å². The van der Waals surface area contributed by atoms with Gasteiger partial charge in [0.15, 0.2) is 0 Å². The summed E-state index contributed by atoms with van der Waals surface area (Å²) in [6.07, 6.45) is 0. The zero-order valence-electron chi connectivity index (χ0n) is 9.87. The molecule has 0 aromatic heterocycles. The van der Waals surface area contributed by atoms with Crippen LogP contribution in [0.4, 0.5) is 5.69 Å². The first kappa shape index (κ1) is 11.9. The fourth-order valence-electron chi connectivity index (χ4n) is 2.12. The standard InChI is InChI=1S/C13H18BrNO/c1-10-7-13(4-3-12(10)8-14)15-5-6-16-9-11(15)2/h3-4,7,11H,5-6,8-9H2,1-2H3. The number of hydrogen-bond acceptors (Lipinski definition) is 2. The lowest BCUT2D eigenvalue weighted by Gasteiger charge is -2.35. The van der Waals surface area contributed by atoms with Crippen LogP contribution in [0.25, 0.3) is 0 Å². The Hall–Kier alpha value is -0.540. The molecule has 0 N–H and O–H groups in total. The van der Waals surface area contributed by atoms with Crippen LogP contribution in [-0.4, -0.2) is 25.8 Å². The summed E-state index contributed by atoms with van der Waals surface area (Å²) in [7, 11) is 0. The molecule has 0 spiro atoms. The molecule has 16 heavy (non-hydrogen) atoms. The largest absolute Gasteiger partial charge is 0.377 e. The van der Waals surface area contributed by atoms with Gasteiger partial charge in [0.25, 0.3) is 0 Å². The molecule has 1 aliphatic rings. The number of morpholine rings is 1. The van der Waals surface area contributed by atoms with E-state index in [0.717, 1.165) is 25.1 Å². The summed E-state index contributed by atoms with van der Waals surface area (Å²) in [5, 5.41) is 0.928. The van der Waals surface area contributed by atoms with Gasteiger partial charge in [-0.3, -0.25) is 0 Å². The normalized spacial score (nSPS) is 21.2. The maximum Gasteiger partial charge on any atom is 0.0668 e. The summed E-state index contributed by atoms with van der Waals surface area (Å²) in [5.41, 5.74) is 4.04. The van der Waals surface area contributed by atoms with Crippen molar-refractivity contribution in [1.29, 1.82) is 0 Å². The van der Waals surface area contributed by atoms with Gasteiger partial charge in [-0.25, -0.2) is 0 Å². The van der Waals surface area contributed by atoms with Crippen LogP contribution in [0.3, 0.4) is 0 Å². The molecule has 1 fully saturated rings. The zero-order valence-corrected chi connectivity index (χ0v) is 11.5. The molecule has 1 aromatic carbocycles. The van der Waals surface area contributed by atoms with Crippen molar-refractivity contribution in [2.24, 2.45) is 0 Å². The fourth-order valence-corrected chi connectivity index (χ4v) is 2.75. The van der Waals surface area contributed by atoms with Crippen molar-refractivity contribution in [2.75, 3.05) is 24.7 Å². The Morgan fingerprint density at radius 1 is 1.50 bits per heavy atom. The van der Waals surface area contributed by atoms with Gasteiger partial charge in [0.2, 0.25) is 0 Å². The van der Waals surface area contributed by atoms with Crippen LogP contribution in [-0.2, 0) is 10.1 Å². The van der Waals surface area contributed by atoms with Gasteiger partial charge >= 0.3 is 0 Å². The molecule has 1 aliphatic heterocycles. The molecule has 2 nitrogen and oxygen atoms in total. The third kappa shape index (κ3) is 2.41. The van der Waals surface area contributed by atoms with Crippen molar-refractivity contribution in [1.82, 2.24) is 0 Å². The lowest BCUT2D eigenvalue weighted by atomic mass is 10.1. The summed E-state index contributed by atoms with van der Waals surface area (Å²) in [6.45, 7) is 7.05. The van der Waals surface area contributed by atoms with Crippen molar-refractivity contribution < 1.29 is 4.74 Å². The number of anilines is 1. The minimum absolute atomic E-state index is 0.475. The maximum atomic E-state index is 5.46. The SMILES string of the molecule is Cc1cc(N2CCOCC2C)ccc1CBr. The highest BCUT2D eigenvalue weighted by molar-refractivity contribution is 9.08. The van der Waals surface area contributed by atoms with E-state index in [4.69, 9.17) is 4.74 Å². The lowest BCUT2D eigenvalue weighted by Crippen LogP contribution is -2.43. The Kier molecular flexibility index (Phi) is 3.87. The Bertz CT molecular complexity index is 367. The van der Waals surface area contributed by atoms with Gasteiger partial charge in [0, 0.05) is 23.6 Å². The molecule has 1 unspecified atom stereocenters. The Labute approximate surface area is 106 Å². The first-order valence-electron chi connectivity index (χ1n) is 5.72. The smallest absolute Gasteiger partial charge is 0.0668 e. The van der Waals surface area contributed by atoms with Crippen LogP contribution in [0.5, 0.6) is 0 Å². The number of aryl methyl sites for hydroxylation is 1. The number of halogens is 1. The Morgan fingerprint density at radius 2 is 2.31 bits per heavy atom. The number of ether oxygens (including phenoxy) is 1. The van der Waals surface area contributed by atoms with Crippen molar-refractivity contribution >= 4 is 21.6 Å². The molecule has 1 aromatic rings. The number of alkyl halides is 1. The molecule has 0 saturated carbocycles. The third-order valence-corrected chi connectivity index (χ3v) is 3.77. The summed E-state index contributed by atoms with van der Waals surface area (Å²) in [6, 6.07) is 7.17. The van der Waals surface area contributed by atoms with Crippen molar-refractivity contribution in [2.45, 2.75) is 25.2 Å². The highest BCUT2D eigenvalue weighted by Gasteiger charge is 2.19. The minimum atomic E-state index is 0.475. The third-order valence-electron chi connectivity index (χ3n) is 3.17. The van der Waals surface area contributed by atoms with Crippen LogP contribution in [0.1, 0.15) is 18.1 Å². The lowest BCUT2D eigenvalue weighted by molar-refractivity contribution is 0.0989. The molecular weight excluding hydrogens is 266 g/mol. The average Bonchev–Trinajstić information content (AvgIpc) is 2.29. The van der Waals surface area contributed by atoms with E-state index in [0.29, 0.717) is 6.04 Å². The molecule has 1 atom stereocenters. The van der Waals surface area contributed by atoms with Gasteiger partial charge in [-0.05, 0) is 37.1 Å². The molecular formula is C13H18BrNO. The molecule has 88 valence electrons. The molecule has 0 aliphatic carbocycles. The van der Waals surface area contributed by atoms with E-state index < -0.39 is 0 Å². The van der Waals surface area contributed by atoms with Crippen LogP contribution in [0.15, 0.2) is 18.2 Å². The van der Waals surface area contributed by atoms with E-state index in [1.165, 1.54) is 16.8 Å². The molecule has 3 heteroatoms. The number of hydrogen-bond donors (Lipinski definition) is 0. The summed E-state index contributed by atoms with van der Waals surface area (Å²) in [5.74, 6) is 0. The van der Waals surface area contributed by atoms with Gasteiger partial charge in [-0.2, -0.15) is 0 Å². The minimum Gasteiger partial charge on any atom is -0.377 e. The number of nitrogens with zero attached hydrogens (tertiary/aromatic N) is 1. The molecule has 0 amide bonds. The van der Waals surface area contributed by atoms with E-state index in [1.807, 2.05) is 0 Å². The first-order valence-corrected chi connectivity index (χ1v) is 6.84. The second-order valence-electron chi connectivity index (χ2n) is 4.36. The molecule has 1 saturated heterocycles. The van der Waals surface area contributed by atoms with Gasteiger partial charge in [0.1, 0.15) is 0 Å². The van der Waals surface area contributed by atoms with Gasteiger partial charge < -0.3 is 9.64 Å². The molecule has 0 radical (unpaired) electrons. The quantitative estimate of drug-likeness (QED) is 0.774. The molecule has 1 heterocycles. The van der Waals surface area contributed by atoms with Crippen LogP contribution >= 0.6 is 15.9 Å². The maximum absolute atomic E-state index is 5.46. The van der Waals surface area contributed by atoms with Gasteiger partial charge in [-0.15, -0.1) is 0 Å². The molecule has 2 rings (SSSR count). The monoisotopic (exact) mass is 283 g/mol.